The summed E-state index contributed by atoms with van der Waals surface area (Å²) >= 11 is 0. The fraction of sp³-hybridized carbons (Fsp3) is 0.545. The number of amides is 2. The number of nitrogens with one attached hydrogen (secondary N) is 3. The van der Waals surface area contributed by atoms with Crippen LogP contribution in [0, 0.1) is 0 Å². The SMILES string of the molecule is COc1ccc(C2=CCC(=O)N(CC(=O)NCCC[NH+]3CCCCC3C)N2)cc1. The van der Waals surface area contributed by atoms with Crippen LogP contribution in [0.5, 0.6) is 5.75 Å². The van der Waals surface area contributed by atoms with Crippen LogP contribution in [0.25, 0.3) is 5.70 Å². The molecule has 3 N–H and O–H groups in total. The Morgan fingerprint density at radius 3 is 2.83 bits per heavy atom. The molecule has 2 aliphatic rings. The number of nitrogens with zero attached hydrogens (tertiary/aromatic N) is 1. The number of quaternary nitrogens is 1. The lowest BCUT2D eigenvalue weighted by Crippen LogP contribution is -3.16. The molecule has 1 aromatic rings. The van der Waals surface area contributed by atoms with Crippen molar-refractivity contribution in [1.82, 2.24) is 15.8 Å². The zero-order chi connectivity index (χ0) is 20.6. The number of hydrazine groups is 1. The summed E-state index contributed by atoms with van der Waals surface area (Å²) in [5.74, 6) is 0.533. The van der Waals surface area contributed by atoms with Gasteiger partial charge in [0.05, 0.1) is 31.9 Å². The number of methoxy groups -OCH3 is 1. The zero-order valence-corrected chi connectivity index (χ0v) is 17.5. The summed E-state index contributed by atoms with van der Waals surface area (Å²) < 4.78 is 5.18. The smallest absolute Gasteiger partial charge is 0.245 e. The molecule has 0 radical (unpaired) electrons. The highest BCUT2D eigenvalue weighted by atomic mass is 16.5. The van der Waals surface area contributed by atoms with Gasteiger partial charge in [0.15, 0.2) is 0 Å². The van der Waals surface area contributed by atoms with Crippen molar-refractivity contribution in [1.29, 1.82) is 0 Å². The summed E-state index contributed by atoms with van der Waals surface area (Å²) in [4.78, 5) is 26.2. The van der Waals surface area contributed by atoms with Crippen LogP contribution in [0.1, 0.15) is 44.6 Å². The summed E-state index contributed by atoms with van der Waals surface area (Å²) in [5.41, 5.74) is 4.84. The second kappa shape index (κ2) is 10.3. The average Bonchev–Trinajstić information content (AvgIpc) is 2.74. The second-order valence-electron chi connectivity index (χ2n) is 7.90. The van der Waals surface area contributed by atoms with Gasteiger partial charge in [0.25, 0.3) is 0 Å². The Hall–Kier alpha value is -2.54. The lowest BCUT2D eigenvalue weighted by molar-refractivity contribution is -0.928. The van der Waals surface area contributed by atoms with Crippen molar-refractivity contribution >= 4 is 17.5 Å². The van der Waals surface area contributed by atoms with Crippen molar-refractivity contribution in [2.24, 2.45) is 0 Å². The highest BCUT2D eigenvalue weighted by Crippen LogP contribution is 2.20. The molecule has 0 aliphatic carbocycles. The summed E-state index contributed by atoms with van der Waals surface area (Å²) in [6, 6.07) is 8.32. The summed E-state index contributed by atoms with van der Waals surface area (Å²) in [6.45, 7) is 5.31. The van der Waals surface area contributed by atoms with E-state index >= 15 is 0 Å². The Morgan fingerprint density at radius 2 is 2.10 bits per heavy atom. The third kappa shape index (κ3) is 5.97. The van der Waals surface area contributed by atoms with Gasteiger partial charge in [0.1, 0.15) is 12.3 Å². The molecule has 1 aromatic carbocycles. The molecule has 0 bridgehead atoms. The predicted octanol–water partition coefficient (Wildman–Crippen LogP) is 0.737. The molecule has 158 valence electrons. The summed E-state index contributed by atoms with van der Waals surface area (Å²) in [5, 5.41) is 4.35. The van der Waals surface area contributed by atoms with Crippen molar-refractivity contribution in [3.05, 3.63) is 35.9 Å². The van der Waals surface area contributed by atoms with Gasteiger partial charge in [-0.25, -0.2) is 5.01 Å². The van der Waals surface area contributed by atoms with Crippen molar-refractivity contribution < 1.29 is 19.2 Å². The van der Waals surface area contributed by atoms with Crippen molar-refractivity contribution in [2.45, 2.75) is 45.1 Å². The number of hydrogen-bond acceptors (Lipinski definition) is 4. The number of carbonyl (C=O) groups is 2. The van der Waals surface area contributed by atoms with Crippen LogP contribution in [0.4, 0.5) is 0 Å². The molecule has 2 atom stereocenters. The minimum absolute atomic E-state index is 0.0132. The largest absolute Gasteiger partial charge is 0.497 e. The van der Waals surface area contributed by atoms with Crippen molar-refractivity contribution in [3.63, 3.8) is 0 Å². The molecule has 7 nitrogen and oxygen atoms in total. The molecule has 2 amide bonds. The van der Waals surface area contributed by atoms with Crippen LogP contribution in [0.2, 0.25) is 0 Å². The Morgan fingerprint density at radius 1 is 1.31 bits per heavy atom. The van der Waals surface area contributed by atoms with E-state index in [1.165, 1.54) is 30.8 Å². The first kappa shape index (κ1) is 21.2. The first-order valence-corrected chi connectivity index (χ1v) is 10.6. The van der Waals surface area contributed by atoms with Gasteiger partial charge >= 0.3 is 0 Å². The molecular weight excluding hydrogens is 368 g/mol. The summed E-state index contributed by atoms with van der Waals surface area (Å²) in [6.07, 6.45) is 7.03. The quantitative estimate of drug-likeness (QED) is 0.562. The van der Waals surface area contributed by atoms with Gasteiger partial charge in [0, 0.05) is 19.4 Å². The Bertz CT molecular complexity index is 732. The number of hydrogen-bond donors (Lipinski definition) is 3. The van der Waals surface area contributed by atoms with Crippen LogP contribution < -0.4 is 20.4 Å². The van der Waals surface area contributed by atoms with Crippen LogP contribution in [-0.4, -0.2) is 56.2 Å². The fourth-order valence-corrected chi connectivity index (χ4v) is 4.00. The number of ether oxygens (including phenoxy) is 1. The molecule has 2 heterocycles. The number of piperidine rings is 1. The highest BCUT2D eigenvalue weighted by Gasteiger charge is 2.23. The third-order valence-corrected chi connectivity index (χ3v) is 5.82. The Kier molecular flexibility index (Phi) is 7.52. The van der Waals surface area contributed by atoms with Crippen LogP contribution in [0.15, 0.2) is 30.3 Å². The molecule has 2 aliphatic heterocycles. The van der Waals surface area contributed by atoms with Crippen molar-refractivity contribution in [2.75, 3.05) is 33.3 Å². The summed E-state index contributed by atoms with van der Waals surface area (Å²) in [7, 11) is 1.63. The normalized spacial score (nSPS) is 21.9. The van der Waals surface area contributed by atoms with E-state index in [2.05, 4.69) is 17.7 Å². The minimum Gasteiger partial charge on any atom is -0.497 e. The maximum absolute atomic E-state index is 12.3. The average molecular weight is 402 g/mol. The highest BCUT2D eigenvalue weighted by molar-refractivity contribution is 5.88. The van der Waals surface area contributed by atoms with Gasteiger partial charge in [-0.15, -0.1) is 0 Å². The minimum atomic E-state index is -0.136. The molecular formula is C22H33N4O3+. The van der Waals surface area contributed by atoms with Gasteiger partial charge in [-0.05, 0) is 62.1 Å². The van der Waals surface area contributed by atoms with E-state index in [4.69, 9.17) is 4.74 Å². The van der Waals surface area contributed by atoms with E-state index in [0.29, 0.717) is 6.54 Å². The van der Waals surface area contributed by atoms with Gasteiger partial charge in [-0.3, -0.25) is 15.0 Å². The zero-order valence-electron chi connectivity index (χ0n) is 17.5. The number of carbonyl (C=O) groups excluding carboxylic acids is 2. The number of benzene rings is 1. The van der Waals surface area contributed by atoms with Crippen LogP contribution >= 0.6 is 0 Å². The number of rotatable bonds is 8. The monoisotopic (exact) mass is 401 g/mol. The Labute approximate surface area is 173 Å². The standard InChI is InChI=1S/C22H32N4O3/c1-17-6-3-4-14-25(17)15-5-13-23-21(27)16-26-22(28)12-11-20(24-26)18-7-9-19(29-2)10-8-18/h7-11,17,24H,3-6,12-16H2,1-2H3,(H,23,27)/p+1. The van der Waals surface area contributed by atoms with E-state index in [-0.39, 0.29) is 24.8 Å². The predicted molar refractivity (Wildman–Crippen MR) is 112 cm³/mol. The van der Waals surface area contributed by atoms with E-state index in [1.807, 2.05) is 30.3 Å². The molecule has 0 aromatic heterocycles. The second-order valence-corrected chi connectivity index (χ2v) is 7.90. The maximum atomic E-state index is 12.3. The topological polar surface area (TPSA) is 75.1 Å². The molecule has 0 spiro atoms. The van der Waals surface area contributed by atoms with Gasteiger partial charge in [0.2, 0.25) is 11.8 Å². The first-order chi connectivity index (χ1) is 14.1. The van der Waals surface area contributed by atoms with E-state index in [1.54, 1.807) is 12.0 Å². The molecule has 2 unspecified atom stereocenters. The lowest BCUT2D eigenvalue weighted by Gasteiger charge is -2.30. The molecule has 29 heavy (non-hydrogen) atoms. The van der Waals surface area contributed by atoms with Gasteiger partial charge in [-0.1, -0.05) is 0 Å². The molecule has 1 fully saturated rings. The lowest BCUT2D eigenvalue weighted by atomic mass is 10.0. The molecule has 3 rings (SSSR count). The molecule has 1 saturated heterocycles. The number of likely N-dealkylation sites (tertiary alicyclic amines) is 1. The third-order valence-electron chi connectivity index (χ3n) is 5.82. The van der Waals surface area contributed by atoms with E-state index in [9.17, 15) is 9.59 Å². The first-order valence-electron chi connectivity index (χ1n) is 10.6. The van der Waals surface area contributed by atoms with Crippen LogP contribution in [-0.2, 0) is 9.59 Å². The fourth-order valence-electron chi connectivity index (χ4n) is 4.00. The van der Waals surface area contributed by atoms with Gasteiger partial charge in [-0.2, -0.15) is 0 Å². The van der Waals surface area contributed by atoms with Gasteiger partial charge < -0.3 is 15.0 Å². The van der Waals surface area contributed by atoms with E-state index in [0.717, 1.165) is 36.0 Å². The van der Waals surface area contributed by atoms with E-state index < -0.39 is 0 Å². The van der Waals surface area contributed by atoms with Crippen molar-refractivity contribution in [3.8, 4) is 5.75 Å². The van der Waals surface area contributed by atoms with Crippen LogP contribution in [0.3, 0.4) is 0 Å². The molecule has 7 heteroatoms. The molecule has 0 saturated carbocycles. The Balaban J connectivity index is 1.43. The maximum Gasteiger partial charge on any atom is 0.245 e.